The van der Waals surface area contributed by atoms with Crippen LogP contribution in [0.4, 0.5) is 0 Å². The first-order valence-corrected chi connectivity index (χ1v) is 13.3. The second-order valence-electron chi connectivity index (χ2n) is 9.27. The first-order chi connectivity index (χ1) is 14.2. The summed E-state index contributed by atoms with van der Waals surface area (Å²) in [4.78, 5) is 0. The van der Waals surface area contributed by atoms with Gasteiger partial charge in [-0.05, 0) is 18.8 Å². The zero-order chi connectivity index (χ0) is 21.4. The highest BCUT2D eigenvalue weighted by Gasteiger charge is 2.05. The smallest absolute Gasteiger partial charge is 0.0174 e. The molecule has 0 bridgehead atoms. The molecule has 0 aliphatic carbocycles. The molecule has 2 unspecified atom stereocenters. The van der Waals surface area contributed by atoms with Crippen LogP contribution in [-0.2, 0) is 0 Å². The van der Waals surface area contributed by atoms with E-state index in [1.807, 2.05) is 0 Å². The number of hydrogen-bond donors (Lipinski definition) is 0. The van der Waals surface area contributed by atoms with Gasteiger partial charge in [0.15, 0.2) is 0 Å². The van der Waals surface area contributed by atoms with Crippen molar-refractivity contribution in [3.8, 4) is 11.8 Å². The maximum Gasteiger partial charge on any atom is 0.0174 e. The molecule has 170 valence electrons. The molecule has 0 heterocycles. The van der Waals surface area contributed by atoms with Gasteiger partial charge in [-0.15, -0.1) is 11.8 Å². The quantitative estimate of drug-likeness (QED) is 0.132. The summed E-state index contributed by atoms with van der Waals surface area (Å²) >= 11 is 0. The lowest BCUT2D eigenvalue weighted by molar-refractivity contribution is 0.402. The minimum Gasteiger partial charge on any atom is -0.103 e. The monoisotopic (exact) mass is 402 g/mol. The average Bonchev–Trinajstić information content (AvgIpc) is 2.73. The van der Waals surface area contributed by atoms with Crippen LogP contribution in [0.2, 0.25) is 0 Å². The molecule has 0 spiro atoms. The summed E-state index contributed by atoms with van der Waals surface area (Å²) in [6.45, 7) is 12.4. The number of rotatable bonds is 21. The van der Waals surface area contributed by atoms with Gasteiger partial charge in [-0.1, -0.05) is 143 Å². The fraction of sp³-hybridized carbons (Fsp3) is 0.862. The molecule has 0 aromatic carbocycles. The van der Waals surface area contributed by atoms with Gasteiger partial charge in [0.1, 0.15) is 0 Å². The Morgan fingerprint density at radius 2 is 1.03 bits per heavy atom. The Hall–Kier alpha value is -0.440. The summed E-state index contributed by atoms with van der Waals surface area (Å²) < 4.78 is 0. The Morgan fingerprint density at radius 3 is 1.48 bits per heavy atom. The van der Waals surface area contributed by atoms with Gasteiger partial charge in [-0.25, -0.2) is 0 Å². The van der Waals surface area contributed by atoms with E-state index in [-0.39, 0.29) is 0 Å². The summed E-state index contributed by atoms with van der Waals surface area (Å²) in [6.07, 6.45) is 28.6. The molecule has 0 saturated heterocycles. The summed E-state index contributed by atoms with van der Waals surface area (Å²) in [5.41, 5.74) is 0. The summed E-state index contributed by atoms with van der Waals surface area (Å²) in [7, 11) is 0. The molecule has 0 aliphatic rings. The van der Waals surface area contributed by atoms with Crippen LogP contribution in [0.15, 0.2) is 0 Å². The van der Waals surface area contributed by atoms with Gasteiger partial charge in [-0.2, -0.15) is 0 Å². The lowest BCUT2D eigenvalue weighted by Gasteiger charge is -2.13. The zero-order valence-corrected chi connectivity index (χ0v) is 20.4. The Morgan fingerprint density at radius 1 is 0.586 bits per heavy atom. The van der Waals surface area contributed by atoms with Crippen molar-refractivity contribution in [2.24, 2.45) is 11.8 Å². The minimum absolute atomic E-state index is 0.577. The molecule has 0 amide bonds. The van der Waals surface area contributed by atoms with Crippen molar-refractivity contribution in [1.82, 2.24) is 0 Å². The van der Waals surface area contributed by atoms with Gasteiger partial charge in [-0.3, -0.25) is 0 Å². The Balaban J connectivity index is 3.23. The summed E-state index contributed by atoms with van der Waals surface area (Å²) in [5.74, 6) is 8.13. The van der Waals surface area contributed by atoms with E-state index >= 15 is 0 Å². The normalized spacial score (nSPS) is 13.1. The molecule has 0 nitrogen and oxygen atoms in total. The van der Waals surface area contributed by atoms with Crippen LogP contribution < -0.4 is 0 Å². The van der Waals surface area contributed by atoms with Crippen molar-refractivity contribution in [3.05, 3.63) is 13.8 Å². The molecule has 0 rings (SSSR count). The van der Waals surface area contributed by atoms with E-state index in [0.29, 0.717) is 5.92 Å². The van der Waals surface area contributed by atoms with Crippen LogP contribution in [0.3, 0.4) is 0 Å². The van der Waals surface area contributed by atoms with E-state index in [1.165, 1.54) is 116 Å². The largest absolute Gasteiger partial charge is 0.103 e. The predicted octanol–water partition coefficient (Wildman–Crippen LogP) is 10.1. The van der Waals surface area contributed by atoms with E-state index in [9.17, 15) is 0 Å². The third kappa shape index (κ3) is 22.1. The number of hydrogen-bond acceptors (Lipinski definition) is 0. The van der Waals surface area contributed by atoms with E-state index in [0.717, 1.165) is 25.2 Å². The summed E-state index contributed by atoms with van der Waals surface area (Å²) in [6, 6.07) is 0. The third-order valence-corrected chi connectivity index (χ3v) is 6.34. The second-order valence-corrected chi connectivity index (χ2v) is 9.27. The Bertz CT molecular complexity index is 358. The average molecular weight is 403 g/mol. The lowest BCUT2D eigenvalue weighted by Crippen LogP contribution is -1.98. The molecule has 2 atom stereocenters. The highest BCUT2D eigenvalue weighted by molar-refractivity contribution is 5.02. The van der Waals surface area contributed by atoms with Crippen molar-refractivity contribution < 1.29 is 0 Å². The molecule has 0 aromatic heterocycles. The maximum absolute atomic E-state index is 3.98. The molecule has 0 saturated carbocycles. The minimum atomic E-state index is 0.577. The second kappa shape index (κ2) is 23.8. The standard InChI is InChI=1S/C29H54/c1-5-8-21-24-28(4)25-22-19-17-15-13-11-10-12-14-16-18-20-23-27-29(7-3)26-9-6-2/h28-29H,1-2,5-20,22-23,25-27H2,3-4H3. The fourth-order valence-electron chi connectivity index (χ4n) is 4.22. The third-order valence-electron chi connectivity index (χ3n) is 6.34. The predicted molar refractivity (Wildman–Crippen MR) is 134 cm³/mol. The number of unbranched alkanes of at least 4 members (excludes halogenated alkanes) is 14. The van der Waals surface area contributed by atoms with Gasteiger partial charge in [0.2, 0.25) is 0 Å². The first-order valence-electron chi connectivity index (χ1n) is 13.3. The van der Waals surface area contributed by atoms with Gasteiger partial charge in [0.25, 0.3) is 0 Å². The maximum atomic E-state index is 3.98. The SMILES string of the molecule is [CH2]CCC#CC(C)CCCCCCCCCCCCCCCC(CC)CCC[CH2]. The zero-order valence-electron chi connectivity index (χ0n) is 20.4. The van der Waals surface area contributed by atoms with Crippen LogP contribution >= 0.6 is 0 Å². The van der Waals surface area contributed by atoms with E-state index in [4.69, 9.17) is 0 Å². The molecule has 29 heavy (non-hydrogen) atoms. The molecule has 2 radical (unpaired) electrons. The molecular weight excluding hydrogens is 348 g/mol. The molecule has 0 heteroatoms. The van der Waals surface area contributed by atoms with Crippen molar-refractivity contribution in [2.75, 3.05) is 0 Å². The fourth-order valence-corrected chi connectivity index (χ4v) is 4.22. The van der Waals surface area contributed by atoms with Crippen LogP contribution in [0.5, 0.6) is 0 Å². The van der Waals surface area contributed by atoms with Crippen molar-refractivity contribution in [3.63, 3.8) is 0 Å². The van der Waals surface area contributed by atoms with E-state index in [1.54, 1.807) is 0 Å². The van der Waals surface area contributed by atoms with Crippen LogP contribution in [-0.4, -0.2) is 0 Å². The molecule has 0 aromatic rings. The highest BCUT2D eigenvalue weighted by Crippen LogP contribution is 2.20. The Labute approximate surface area is 186 Å². The van der Waals surface area contributed by atoms with Crippen molar-refractivity contribution >= 4 is 0 Å². The van der Waals surface area contributed by atoms with Crippen molar-refractivity contribution in [2.45, 2.75) is 149 Å². The van der Waals surface area contributed by atoms with Crippen molar-refractivity contribution in [1.29, 1.82) is 0 Å². The molecule has 0 N–H and O–H groups in total. The van der Waals surface area contributed by atoms with Crippen LogP contribution in [0.1, 0.15) is 149 Å². The van der Waals surface area contributed by atoms with E-state index in [2.05, 4.69) is 39.5 Å². The lowest BCUT2D eigenvalue weighted by atomic mass is 9.93. The van der Waals surface area contributed by atoms with Gasteiger partial charge >= 0.3 is 0 Å². The first kappa shape index (κ1) is 28.6. The molecule has 0 aliphatic heterocycles. The van der Waals surface area contributed by atoms with Gasteiger partial charge in [0, 0.05) is 12.3 Å². The van der Waals surface area contributed by atoms with Crippen LogP contribution in [0, 0.1) is 37.5 Å². The molecule has 0 fully saturated rings. The topological polar surface area (TPSA) is 0 Å². The van der Waals surface area contributed by atoms with E-state index < -0.39 is 0 Å². The van der Waals surface area contributed by atoms with Gasteiger partial charge in [0.05, 0.1) is 0 Å². The van der Waals surface area contributed by atoms with Crippen LogP contribution in [0.25, 0.3) is 0 Å². The Kier molecular flexibility index (Phi) is 23.5. The molecular formula is C29H54. The van der Waals surface area contributed by atoms with Gasteiger partial charge < -0.3 is 0 Å². The highest BCUT2D eigenvalue weighted by atomic mass is 14.1. The summed E-state index contributed by atoms with van der Waals surface area (Å²) in [5, 5.41) is 0.